The Morgan fingerprint density at radius 3 is 2.52 bits per heavy atom. The molecule has 0 bridgehead atoms. The van der Waals surface area contributed by atoms with Crippen molar-refractivity contribution in [3.63, 3.8) is 0 Å². The number of carbonyl (C=O) groups is 1. The smallest absolute Gasteiger partial charge is 0.421 e. The van der Waals surface area contributed by atoms with Crippen molar-refractivity contribution in [2.75, 3.05) is 10.6 Å². The summed E-state index contributed by atoms with van der Waals surface area (Å²) in [5.41, 5.74) is 1.08. The van der Waals surface area contributed by atoms with E-state index in [9.17, 15) is 18.0 Å². The highest BCUT2D eigenvalue weighted by molar-refractivity contribution is 5.70. The van der Waals surface area contributed by atoms with Crippen LogP contribution in [0.25, 0.3) is 0 Å². The summed E-state index contributed by atoms with van der Waals surface area (Å²) >= 11 is 0. The van der Waals surface area contributed by atoms with Crippen molar-refractivity contribution < 1.29 is 22.7 Å². The fourth-order valence-corrected chi connectivity index (χ4v) is 3.24. The van der Waals surface area contributed by atoms with E-state index < -0.39 is 17.3 Å². The number of alkyl halides is 3. The molecule has 2 aliphatic rings. The molecule has 2 N–H and O–H groups in total. The van der Waals surface area contributed by atoms with Crippen molar-refractivity contribution >= 4 is 23.5 Å². The minimum absolute atomic E-state index is 0.0164. The molecule has 1 fully saturated rings. The van der Waals surface area contributed by atoms with Crippen molar-refractivity contribution in [3.8, 4) is 0 Å². The normalized spacial score (nSPS) is 16.1. The van der Waals surface area contributed by atoms with Gasteiger partial charge in [0, 0.05) is 31.0 Å². The molecule has 1 amide bonds. The maximum atomic E-state index is 13.2. The SMILES string of the molecule is CC(C)(C)OC(=O)N1Cc2ccc(Nc3ncc(C(F)(F)F)c(NC4CC4)n3)cc2C1. The monoisotopic (exact) mass is 435 g/mol. The fraction of sp³-hybridized carbons (Fsp3) is 0.476. The van der Waals surface area contributed by atoms with E-state index in [4.69, 9.17) is 4.74 Å². The van der Waals surface area contributed by atoms with Crippen molar-refractivity contribution in [1.29, 1.82) is 0 Å². The van der Waals surface area contributed by atoms with Crippen molar-refractivity contribution in [3.05, 3.63) is 41.1 Å². The lowest BCUT2D eigenvalue weighted by Crippen LogP contribution is -2.33. The molecular weight excluding hydrogens is 411 g/mol. The Labute approximate surface area is 178 Å². The van der Waals surface area contributed by atoms with Gasteiger partial charge in [-0.25, -0.2) is 9.78 Å². The molecule has 0 saturated heterocycles. The molecule has 0 atom stereocenters. The Kier molecular flexibility index (Phi) is 5.18. The van der Waals surface area contributed by atoms with Gasteiger partial charge in [-0.2, -0.15) is 18.2 Å². The van der Waals surface area contributed by atoms with Gasteiger partial charge >= 0.3 is 12.3 Å². The molecule has 166 valence electrons. The zero-order valence-electron chi connectivity index (χ0n) is 17.5. The van der Waals surface area contributed by atoms with Crippen LogP contribution >= 0.6 is 0 Å². The number of fused-ring (bicyclic) bond motifs is 1. The van der Waals surface area contributed by atoms with Gasteiger partial charge in [-0.3, -0.25) is 4.90 Å². The van der Waals surface area contributed by atoms with Crippen molar-refractivity contribution in [2.45, 2.75) is 64.5 Å². The summed E-state index contributed by atoms with van der Waals surface area (Å²) in [5, 5.41) is 5.79. The van der Waals surface area contributed by atoms with Crippen LogP contribution in [0.3, 0.4) is 0 Å². The number of nitrogens with zero attached hydrogens (tertiary/aromatic N) is 3. The Morgan fingerprint density at radius 2 is 1.87 bits per heavy atom. The van der Waals surface area contributed by atoms with Crippen molar-refractivity contribution in [1.82, 2.24) is 14.9 Å². The Bertz CT molecular complexity index is 999. The molecule has 1 aromatic carbocycles. The van der Waals surface area contributed by atoms with Gasteiger partial charge in [0.2, 0.25) is 5.95 Å². The molecule has 4 rings (SSSR count). The van der Waals surface area contributed by atoms with Crippen LogP contribution in [-0.2, 0) is 24.0 Å². The quantitative estimate of drug-likeness (QED) is 0.699. The van der Waals surface area contributed by atoms with E-state index in [1.165, 1.54) is 0 Å². The van der Waals surface area contributed by atoms with Crippen LogP contribution in [0, 0.1) is 0 Å². The third-order valence-corrected chi connectivity index (χ3v) is 4.85. The van der Waals surface area contributed by atoms with Gasteiger partial charge < -0.3 is 15.4 Å². The van der Waals surface area contributed by atoms with Gasteiger partial charge in [0.15, 0.2) is 0 Å². The number of amides is 1. The number of aromatic nitrogens is 2. The summed E-state index contributed by atoms with van der Waals surface area (Å²) in [4.78, 5) is 21.8. The van der Waals surface area contributed by atoms with Crippen LogP contribution in [0.15, 0.2) is 24.4 Å². The lowest BCUT2D eigenvalue weighted by atomic mass is 10.1. The van der Waals surface area contributed by atoms with Gasteiger partial charge in [-0.15, -0.1) is 0 Å². The van der Waals surface area contributed by atoms with Crippen LogP contribution in [0.2, 0.25) is 0 Å². The van der Waals surface area contributed by atoms with E-state index >= 15 is 0 Å². The van der Waals surface area contributed by atoms with Crippen LogP contribution in [-0.4, -0.2) is 32.6 Å². The van der Waals surface area contributed by atoms with Crippen LogP contribution in [0.5, 0.6) is 0 Å². The van der Waals surface area contributed by atoms with E-state index in [2.05, 4.69) is 20.6 Å². The molecule has 2 aromatic rings. The number of nitrogens with one attached hydrogen (secondary N) is 2. The summed E-state index contributed by atoms with van der Waals surface area (Å²) in [6, 6.07) is 5.51. The Balaban J connectivity index is 1.49. The number of hydrogen-bond acceptors (Lipinski definition) is 6. The number of rotatable bonds is 4. The summed E-state index contributed by atoms with van der Waals surface area (Å²) in [5.74, 6) is -0.150. The highest BCUT2D eigenvalue weighted by Crippen LogP contribution is 2.36. The number of halogens is 3. The molecule has 7 nitrogen and oxygen atoms in total. The van der Waals surface area contributed by atoms with Crippen molar-refractivity contribution in [2.24, 2.45) is 0 Å². The molecule has 1 aliphatic carbocycles. The molecule has 10 heteroatoms. The summed E-state index contributed by atoms with van der Waals surface area (Å²) in [6.45, 7) is 6.27. The van der Waals surface area contributed by atoms with Gasteiger partial charge in [0.1, 0.15) is 17.0 Å². The zero-order valence-corrected chi connectivity index (χ0v) is 17.5. The molecule has 1 aliphatic heterocycles. The molecule has 0 spiro atoms. The minimum Gasteiger partial charge on any atom is -0.444 e. The largest absolute Gasteiger partial charge is 0.444 e. The average Bonchev–Trinajstić information content (AvgIpc) is 3.34. The molecule has 0 radical (unpaired) electrons. The van der Waals surface area contributed by atoms with E-state index in [1.807, 2.05) is 32.9 Å². The summed E-state index contributed by atoms with van der Waals surface area (Å²) in [6.07, 6.45) is -2.49. The average molecular weight is 435 g/mol. The molecule has 0 unspecified atom stereocenters. The number of hydrogen-bond donors (Lipinski definition) is 2. The summed E-state index contributed by atoms with van der Waals surface area (Å²) < 4.78 is 45.2. The first-order chi connectivity index (χ1) is 14.5. The Morgan fingerprint density at radius 1 is 1.16 bits per heavy atom. The predicted octanol–water partition coefficient (Wildman–Crippen LogP) is 5.06. The minimum atomic E-state index is -4.53. The maximum absolute atomic E-state index is 13.2. The first kappa shape index (κ1) is 21.2. The van der Waals surface area contributed by atoms with E-state index in [-0.39, 0.29) is 23.9 Å². The molecule has 31 heavy (non-hydrogen) atoms. The Hall–Kier alpha value is -3.04. The number of anilines is 3. The first-order valence-corrected chi connectivity index (χ1v) is 10.1. The summed E-state index contributed by atoms with van der Waals surface area (Å²) in [7, 11) is 0. The molecule has 1 saturated carbocycles. The van der Waals surface area contributed by atoms with Gasteiger partial charge in [0.05, 0.1) is 0 Å². The van der Waals surface area contributed by atoms with Crippen LogP contribution in [0.1, 0.15) is 50.3 Å². The zero-order chi connectivity index (χ0) is 22.4. The second-order valence-corrected chi connectivity index (χ2v) is 8.82. The second-order valence-electron chi connectivity index (χ2n) is 8.82. The van der Waals surface area contributed by atoms with Crippen LogP contribution in [0.4, 0.5) is 35.4 Å². The third-order valence-electron chi connectivity index (χ3n) is 4.85. The number of ether oxygens (including phenoxy) is 1. The topological polar surface area (TPSA) is 79.4 Å². The second kappa shape index (κ2) is 7.58. The highest BCUT2D eigenvalue weighted by atomic mass is 19.4. The van der Waals surface area contributed by atoms with Crippen LogP contribution < -0.4 is 10.6 Å². The molecule has 1 aromatic heterocycles. The number of carbonyl (C=O) groups excluding carboxylic acids is 1. The number of benzene rings is 1. The van der Waals surface area contributed by atoms with Gasteiger partial charge in [0.25, 0.3) is 0 Å². The van der Waals surface area contributed by atoms with E-state index in [0.29, 0.717) is 18.8 Å². The van der Waals surface area contributed by atoms with E-state index in [1.54, 1.807) is 11.0 Å². The lowest BCUT2D eigenvalue weighted by molar-refractivity contribution is -0.137. The first-order valence-electron chi connectivity index (χ1n) is 10.1. The predicted molar refractivity (Wildman–Crippen MR) is 109 cm³/mol. The fourth-order valence-electron chi connectivity index (χ4n) is 3.24. The van der Waals surface area contributed by atoms with E-state index in [0.717, 1.165) is 30.2 Å². The third kappa shape index (κ3) is 5.18. The highest BCUT2D eigenvalue weighted by Gasteiger charge is 2.37. The van der Waals surface area contributed by atoms with Gasteiger partial charge in [-0.05, 0) is 56.9 Å². The molecular formula is C21H24F3N5O2. The lowest BCUT2D eigenvalue weighted by Gasteiger charge is -2.24. The maximum Gasteiger partial charge on any atom is 0.421 e. The van der Waals surface area contributed by atoms with Gasteiger partial charge in [-0.1, -0.05) is 6.07 Å². The molecule has 2 heterocycles. The standard InChI is InChI=1S/C21H24F3N5O2/c1-20(2,3)31-19(30)29-10-12-4-5-15(8-13(12)11-29)27-18-25-9-16(21(22,23)24)17(28-18)26-14-6-7-14/h4-5,8-9,14H,6-7,10-11H2,1-3H3,(H2,25,26,27,28).